The van der Waals surface area contributed by atoms with Gasteiger partial charge in [0, 0.05) is 32.5 Å². The Labute approximate surface area is 215 Å². The van der Waals surface area contributed by atoms with Crippen molar-refractivity contribution in [1.82, 2.24) is 0 Å². The van der Waals surface area contributed by atoms with E-state index in [1.54, 1.807) is 14.2 Å². The summed E-state index contributed by atoms with van der Waals surface area (Å²) in [7, 11) is 3.40. The lowest BCUT2D eigenvalue weighted by atomic mass is 9.65. The van der Waals surface area contributed by atoms with Gasteiger partial charge in [-0.3, -0.25) is 0 Å². The maximum atomic E-state index is 10.3. The third kappa shape index (κ3) is 3.00. The van der Waals surface area contributed by atoms with Gasteiger partial charge in [0.2, 0.25) is 0 Å². The standard InChI is InChI=1S/C28H45NO7/c1-12-9-18-14(3)21(33-25(31-7)27(18)22(12)16(5)35-27)11-20(29-30)24-15(4)19-10-13(2)23-17(6)36-28(19,23)26(32-8)34-24/h12-19,21-26,30H,9-11H2,1-8H3/b29-20-/t12?,13?,14-,15-,16?,17?,18+,19+,21-,22?,23?,24+,25+,26+,27+,28+/m1/s1. The van der Waals surface area contributed by atoms with Crippen LogP contribution in [-0.4, -0.2) is 73.3 Å². The van der Waals surface area contributed by atoms with Gasteiger partial charge in [0.1, 0.15) is 17.3 Å². The van der Waals surface area contributed by atoms with Gasteiger partial charge in [-0.05, 0) is 62.2 Å². The molecule has 204 valence electrons. The smallest absolute Gasteiger partial charge is 0.187 e. The van der Waals surface area contributed by atoms with E-state index in [2.05, 4.69) is 46.7 Å². The van der Waals surface area contributed by atoms with Crippen LogP contribution in [0.25, 0.3) is 0 Å². The summed E-state index contributed by atoms with van der Waals surface area (Å²) in [6.45, 7) is 13.4. The second-order valence-electron chi connectivity index (χ2n) is 12.9. The molecule has 6 fully saturated rings. The number of ether oxygens (including phenoxy) is 6. The number of rotatable bonds is 5. The molecule has 0 radical (unpaired) electrons. The highest BCUT2D eigenvalue weighted by Gasteiger charge is 2.74. The Morgan fingerprint density at radius 2 is 1.31 bits per heavy atom. The average molecular weight is 508 g/mol. The van der Waals surface area contributed by atoms with Crippen LogP contribution in [-0.2, 0) is 28.4 Å². The highest BCUT2D eigenvalue weighted by molar-refractivity contribution is 5.89. The van der Waals surface area contributed by atoms with Crippen molar-refractivity contribution < 1.29 is 33.6 Å². The second kappa shape index (κ2) is 8.62. The maximum Gasteiger partial charge on any atom is 0.187 e. The summed E-state index contributed by atoms with van der Waals surface area (Å²) in [4.78, 5) is 0. The van der Waals surface area contributed by atoms with Crippen LogP contribution in [0.5, 0.6) is 0 Å². The summed E-state index contributed by atoms with van der Waals surface area (Å²) in [5.41, 5.74) is -0.148. The Morgan fingerprint density at radius 1 is 0.806 bits per heavy atom. The molecule has 8 nitrogen and oxygen atoms in total. The fourth-order valence-corrected chi connectivity index (χ4v) is 10.2. The number of methoxy groups -OCH3 is 2. The molecule has 0 aromatic heterocycles. The minimum atomic E-state index is -0.479. The number of nitrogens with zero attached hydrogens (tertiary/aromatic N) is 1. The van der Waals surface area contributed by atoms with Crippen LogP contribution in [0.15, 0.2) is 5.16 Å². The van der Waals surface area contributed by atoms with Gasteiger partial charge in [-0.2, -0.15) is 0 Å². The predicted molar refractivity (Wildman–Crippen MR) is 132 cm³/mol. The first-order chi connectivity index (χ1) is 17.1. The van der Waals surface area contributed by atoms with Crippen molar-refractivity contribution in [1.29, 1.82) is 0 Å². The first-order valence-corrected chi connectivity index (χ1v) is 14.1. The molecule has 6 aliphatic rings. The zero-order valence-electron chi connectivity index (χ0n) is 23.0. The molecule has 16 atom stereocenters. The van der Waals surface area contributed by atoms with Gasteiger partial charge in [0.15, 0.2) is 12.6 Å². The van der Waals surface area contributed by atoms with E-state index in [1.165, 1.54) is 0 Å². The van der Waals surface area contributed by atoms with Crippen LogP contribution in [0.1, 0.15) is 60.8 Å². The van der Waals surface area contributed by atoms with Crippen molar-refractivity contribution in [2.24, 2.45) is 52.5 Å². The van der Waals surface area contributed by atoms with E-state index >= 15 is 0 Å². The minimum Gasteiger partial charge on any atom is -0.411 e. The summed E-state index contributed by atoms with van der Waals surface area (Å²) >= 11 is 0. The van der Waals surface area contributed by atoms with Gasteiger partial charge in [0.25, 0.3) is 0 Å². The lowest BCUT2D eigenvalue weighted by molar-refractivity contribution is -0.393. The van der Waals surface area contributed by atoms with Gasteiger partial charge in [-0.25, -0.2) is 0 Å². The van der Waals surface area contributed by atoms with Crippen LogP contribution in [0.4, 0.5) is 0 Å². The average Bonchev–Trinajstić information content (AvgIpc) is 3.22. The highest BCUT2D eigenvalue weighted by Crippen LogP contribution is 2.65. The molecule has 0 aromatic carbocycles. The Hall–Kier alpha value is -0.770. The molecule has 8 heteroatoms. The molecule has 4 saturated heterocycles. The minimum absolute atomic E-state index is 0.136. The van der Waals surface area contributed by atoms with Crippen LogP contribution in [0.2, 0.25) is 0 Å². The lowest BCUT2D eigenvalue weighted by Crippen LogP contribution is -2.72. The molecule has 2 saturated carbocycles. The van der Waals surface area contributed by atoms with Crippen LogP contribution in [0.3, 0.4) is 0 Å². The molecule has 0 aromatic rings. The van der Waals surface area contributed by atoms with Crippen LogP contribution < -0.4 is 0 Å². The maximum absolute atomic E-state index is 10.3. The lowest BCUT2D eigenvalue weighted by Gasteiger charge is -2.61. The molecular formula is C28H45NO7. The normalized spacial score (nSPS) is 59.8. The zero-order chi connectivity index (χ0) is 25.7. The van der Waals surface area contributed by atoms with Gasteiger partial charge in [0.05, 0.1) is 24.0 Å². The SMILES string of the molecule is CO[C@H]1O[C@H](/C(C[C@H]2O[C@H](OC)[C@@]34OC(C)C3C(C)C[C@H]4[C@H]2C)=N\O)[C@H](C)[C@@H]2CC(C)C3C(C)O[C@@]312. The Bertz CT molecular complexity index is 899. The van der Waals surface area contributed by atoms with Crippen molar-refractivity contribution in [3.8, 4) is 0 Å². The number of oxime groups is 1. The third-order valence-corrected chi connectivity index (χ3v) is 11.4. The molecule has 6 unspecified atom stereocenters. The third-order valence-electron chi connectivity index (χ3n) is 11.4. The van der Waals surface area contributed by atoms with E-state index < -0.39 is 18.2 Å². The molecule has 0 amide bonds. The summed E-state index contributed by atoms with van der Waals surface area (Å²) < 4.78 is 37.9. The number of hydrogen-bond acceptors (Lipinski definition) is 8. The summed E-state index contributed by atoms with van der Waals surface area (Å²) in [5.74, 6) is 2.99. The Morgan fingerprint density at radius 3 is 1.78 bits per heavy atom. The molecule has 6 rings (SSSR count). The molecule has 0 bridgehead atoms. The zero-order valence-corrected chi connectivity index (χ0v) is 23.0. The van der Waals surface area contributed by atoms with E-state index in [-0.39, 0.29) is 47.8 Å². The molecule has 4 heterocycles. The number of hydrogen-bond donors (Lipinski definition) is 1. The van der Waals surface area contributed by atoms with E-state index in [4.69, 9.17) is 28.4 Å². The first-order valence-electron chi connectivity index (χ1n) is 14.1. The van der Waals surface area contributed by atoms with Gasteiger partial charge < -0.3 is 33.6 Å². The van der Waals surface area contributed by atoms with Gasteiger partial charge in [-0.1, -0.05) is 32.9 Å². The van der Waals surface area contributed by atoms with Crippen LogP contribution >= 0.6 is 0 Å². The Balaban J connectivity index is 1.23. The summed E-state index contributed by atoms with van der Waals surface area (Å²) in [6.07, 6.45) is 1.69. The highest BCUT2D eigenvalue weighted by atomic mass is 16.7. The molecule has 4 aliphatic heterocycles. The van der Waals surface area contributed by atoms with Crippen molar-refractivity contribution in [3.63, 3.8) is 0 Å². The van der Waals surface area contributed by atoms with Crippen molar-refractivity contribution >= 4 is 5.71 Å². The van der Waals surface area contributed by atoms with Crippen molar-refractivity contribution in [2.45, 2.75) is 109 Å². The fraction of sp³-hybridized carbons (Fsp3) is 0.964. The quantitative estimate of drug-likeness (QED) is 0.341. The first kappa shape index (κ1) is 25.5. The molecule has 1 N–H and O–H groups in total. The van der Waals surface area contributed by atoms with Crippen molar-refractivity contribution in [3.05, 3.63) is 0 Å². The van der Waals surface area contributed by atoms with E-state index in [0.717, 1.165) is 12.8 Å². The van der Waals surface area contributed by atoms with E-state index in [9.17, 15) is 5.21 Å². The fourth-order valence-electron chi connectivity index (χ4n) is 10.2. The van der Waals surface area contributed by atoms with Crippen LogP contribution in [0, 0.1) is 47.3 Å². The largest absolute Gasteiger partial charge is 0.411 e. The van der Waals surface area contributed by atoms with Crippen molar-refractivity contribution in [2.75, 3.05) is 14.2 Å². The molecule has 36 heavy (non-hydrogen) atoms. The van der Waals surface area contributed by atoms with Gasteiger partial charge in [-0.15, -0.1) is 0 Å². The molecule has 2 aliphatic carbocycles. The Kier molecular flexibility index (Phi) is 6.10. The monoisotopic (exact) mass is 507 g/mol. The molecular weight excluding hydrogens is 462 g/mol. The van der Waals surface area contributed by atoms with E-state index in [1.807, 2.05) is 0 Å². The topological polar surface area (TPSA) is 88.0 Å². The molecule has 2 spiro atoms. The van der Waals surface area contributed by atoms with Gasteiger partial charge >= 0.3 is 0 Å². The predicted octanol–water partition coefficient (Wildman–Crippen LogP) is 4.08. The summed E-state index contributed by atoms with van der Waals surface area (Å²) in [6, 6.07) is 0. The summed E-state index contributed by atoms with van der Waals surface area (Å²) in [5, 5.41) is 14.1. The second-order valence-corrected chi connectivity index (χ2v) is 12.9. The van der Waals surface area contributed by atoms with E-state index in [0.29, 0.717) is 41.7 Å².